The van der Waals surface area contributed by atoms with Gasteiger partial charge in [0, 0.05) is 11.1 Å². The molecule has 0 radical (unpaired) electrons. The molecule has 23 heavy (non-hydrogen) atoms. The second kappa shape index (κ2) is 5.81. The molecule has 2 aromatic carbocycles. The van der Waals surface area contributed by atoms with Crippen molar-refractivity contribution in [2.24, 2.45) is 0 Å². The number of anilines is 1. The Labute approximate surface area is 149 Å². The predicted octanol–water partition coefficient (Wildman–Crippen LogP) is 1.29. The van der Waals surface area contributed by atoms with Gasteiger partial charge in [0.25, 0.3) is 0 Å². The third-order valence-corrected chi connectivity index (χ3v) is 5.08. The Morgan fingerprint density at radius 1 is 1.09 bits per heavy atom. The highest BCUT2D eigenvalue weighted by Crippen LogP contribution is 2.43. The van der Waals surface area contributed by atoms with Gasteiger partial charge in [-0.3, -0.25) is 4.48 Å². The third-order valence-electron chi connectivity index (χ3n) is 5.08. The summed E-state index contributed by atoms with van der Waals surface area (Å²) in [5, 5.41) is 0. The largest absolute Gasteiger partial charge is 1.00 e. The molecule has 2 aromatic rings. The third kappa shape index (κ3) is 2.52. The first-order valence-electron chi connectivity index (χ1n) is 8.03. The molecule has 0 saturated heterocycles. The van der Waals surface area contributed by atoms with Crippen LogP contribution in [-0.2, 0) is 13.1 Å². The van der Waals surface area contributed by atoms with Gasteiger partial charge in [-0.25, -0.2) is 0 Å². The van der Waals surface area contributed by atoms with Crippen molar-refractivity contribution in [2.75, 3.05) is 18.1 Å². The number of rotatable bonds is 2. The van der Waals surface area contributed by atoms with Crippen molar-refractivity contribution in [3.8, 4) is 0 Å². The average molecular weight is 371 g/mol. The van der Waals surface area contributed by atoms with E-state index < -0.39 is 0 Å². The van der Waals surface area contributed by atoms with Crippen LogP contribution in [-0.4, -0.2) is 13.2 Å². The summed E-state index contributed by atoms with van der Waals surface area (Å²) in [6.45, 7) is 12.5. The summed E-state index contributed by atoms with van der Waals surface area (Å²) < 4.78 is 0.982. The molecule has 120 valence electrons. The molecule has 2 bridgehead atoms. The van der Waals surface area contributed by atoms with Crippen LogP contribution in [0.5, 0.6) is 0 Å². The fourth-order valence-corrected chi connectivity index (χ4v) is 4.20. The van der Waals surface area contributed by atoms with E-state index in [0.29, 0.717) is 0 Å². The zero-order valence-corrected chi connectivity index (χ0v) is 15.4. The highest BCUT2D eigenvalue weighted by Gasteiger charge is 2.43. The van der Waals surface area contributed by atoms with Crippen LogP contribution in [0.2, 0.25) is 0 Å². The van der Waals surface area contributed by atoms with Gasteiger partial charge < -0.3 is 21.9 Å². The number of halogens is 1. The highest BCUT2D eigenvalue weighted by molar-refractivity contribution is 5.66. The second-order valence-corrected chi connectivity index (χ2v) is 6.88. The lowest BCUT2D eigenvalue weighted by Crippen LogP contribution is -3.00. The molecule has 0 fully saturated rings. The number of aryl methyl sites for hydroxylation is 2. The number of hydrogen-bond acceptors (Lipinski definition) is 1. The van der Waals surface area contributed by atoms with Crippen molar-refractivity contribution >= 4 is 11.4 Å². The monoisotopic (exact) mass is 370 g/mol. The van der Waals surface area contributed by atoms with Gasteiger partial charge in [-0.1, -0.05) is 29.8 Å². The minimum atomic E-state index is 0. The molecule has 2 nitrogen and oxygen atoms in total. The predicted molar refractivity (Wildman–Crippen MR) is 94.0 cm³/mol. The maximum absolute atomic E-state index is 4.03. The van der Waals surface area contributed by atoms with Gasteiger partial charge >= 0.3 is 0 Å². The molecule has 0 spiro atoms. The lowest BCUT2D eigenvalue weighted by atomic mass is 9.96. The van der Waals surface area contributed by atoms with E-state index in [0.717, 1.165) is 30.8 Å². The Kier molecular flexibility index (Phi) is 4.11. The number of nitrogens with zero attached hydrogens (tertiary/aromatic N) is 2. The van der Waals surface area contributed by atoms with Gasteiger partial charge in [0.1, 0.15) is 18.8 Å². The SMILES string of the molecule is C=CC[N+]12Cc3cc(C)ccc3N(Cc3cc(C)ccc31)C2.[Br-]. The molecule has 0 aliphatic carbocycles. The molecular formula is C20H23BrN2. The highest BCUT2D eigenvalue weighted by atomic mass is 79.9. The summed E-state index contributed by atoms with van der Waals surface area (Å²) >= 11 is 0. The van der Waals surface area contributed by atoms with Crippen LogP contribution < -0.4 is 26.4 Å². The number of fused-ring (bicyclic) bond motifs is 6. The molecule has 4 rings (SSSR count). The van der Waals surface area contributed by atoms with Gasteiger partial charge in [0.2, 0.25) is 0 Å². The molecule has 0 N–H and O–H groups in total. The molecule has 1 unspecified atom stereocenters. The summed E-state index contributed by atoms with van der Waals surface area (Å²) in [6.07, 6.45) is 2.08. The molecule has 2 aliphatic rings. The number of hydrogen-bond donors (Lipinski definition) is 0. The molecule has 1 atom stereocenters. The lowest BCUT2D eigenvalue weighted by Gasteiger charge is -2.50. The maximum atomic E-state index is 4.03. The molecule has 3 heteroatoms. The number of quaternary nitrogens is 1. The molecular weight excluding hydrogens is 348 g/mol. The Balaban J connectivity index is 0.00000156. The van der Waals surface area contributed by atoms with Crippen molar-refractivity contribution in [3.63, 3.8) is 0 Å². The Hall–Kier alpha value is -1.58. The van der Waals surface area contributed by atoms with Gasteiger partial charge in [0.15, 0.2) is 6.67 Å². The standard InChI is InChI=1S/C20H23N2.BrH/c1-4-9-22-13-18-11-15(2)5-7-19(18)21(14-22)12-17-10-16(3)6-8-20(17)22;/h4-8,10-11H,1,9,12-14H2,2-3H3;1H/q+1;/p-1. The normalized spacial score (nSPS) is 21.0. The van der Waals surface area contributed by atoms with Crippen LogP contribution in [0, 0.1) is 13.8 Å². The van der Waals surface area contributed by atoms with E-state index in [9.17, 15) is 0 Å². The van der Waals surface area contributed by atoms with E-state index in [1.54, 1.807) is 0 Å². The summed E-state index contributed by atoms with van der Waals surface area (Å²) in [5.74, 6) is 0. The first kappa shape index (κ1) is 16.3. The van der Waals surface area contributed by atoms with E-state index in [-0.39, 0.29) is 17.0 Å². The quantitative estimate of drug-likeness (QED) is 0.568. The van der Waals surface area contributed by atoms with Crippen LogP contribution in [0.15, 0.2) is 49.1 Å². The van der Waals surface area contributed by atoms with E-state index in [4.69, 9.17) is 0 Å². The van der Waals surface area contributed by atoms with Gasteiger partial charge in [-0.15, -0.1) is 0 Å². The first-order valence-corrected chi connectivity index (χ1v) is 8.03. The summed E-state index contributed by atoms with van der Waals surface area (Å²) in [6, 6.07) is 13.8. The molecule has 0 saturated carbocycles. The number of benzene rings is 2. The Bertz CT molecular complexity index is 768. The van der Waals surface area contributed by atoms with Crippen LogP contribution in [0.25, 0.3) is 0 Å². The minimum absolute atomic E-state index is 0. The molecule has 0 amide bonds. The van der Waals surface area contributed by atoms with Gasteiger partial charge in [0.05, 0.1) is 12.2 Å². The van der Waals surface area contributed by atoms with Crippen molar-refractivity contribution in [1.82, 2.24) is 4.48 Å². The fourth-order valence-electron chi connectivity index (χ4n) is 4.20. The first-order chi connectivity index (χ1) is 10.6. The zero-order valence-electron chi connectivity index (χ0n) is 13.8. The lowest BCUT2D eigenvalue weighted by molar-refractivity contribution is -0.00000470. The minimum Gasteiger partial charge on any atom is -1.00 e. The maximum Gasteiger partial charge on any atom is 0.160 e. The molecule has 2 aliphatic heterocycles. The fraction of sp³-hybridized carbons (Fsp3) is 0.300. The molecule has 0 aromatic heterocycles. The smallest absolute Gasteiger partial charge is 0.160 e. The molecule has 2 heterocycles. The van der Waals surface area contributed by atoms with Crippen LogP contribution in [0.1, 0.15) is 22.3 Å². The Morgan fingerprint density at radius 3 is 2.52 bits per heavy atom. The summed E-state index contributed by atoms with van der Waals surface area (Å²) in [5.41, 5.74) is 8.53. The van der Waals surface area contributed by atoms with E-state index in [1.165, 1.54) is 33.6 Å². The zero-order chi connectivity index (χ0) is 15.3. The average Bonchev–Trinajstić information content (AvgIpc) is 2.46. The van der Waals surface area contributed by atoms with Crippen LogP contribution >= 0.6 is 0 Å². The van der Waals surface area contributed by atoms with Crippen LogP contribution in [0.3, 0.4) is 0 Å². The topological polar surface area (TPSA) is 3.24 Å². The van der Waals surface area contributed by atoms with Gasteiger partial charge in [-0.05, 0) is 44.2 Å². The van der Waals surface area contributed by atoms with Crippen molar-refractivity contribution in [1.29, 1.82) is 0 Å². The van der Waals surface area contributed by atoms with Crippen molar-refractivity contribution in [3.05, 3.63) is 71.3 Å². The second-order valence-electron chi connectivity index (χ2n) is 6.88. The summed E-state index contributed by atoms with van der Waals surface area (Å²) in [4.78, 5) is 2.55. The van der Waals surface area contributed by atoms with Crippen molar-refractivity contribution < 1.29 is 17.0 Å². The van der Waals surface area contributed by atoms with E-state index >= 15 is 0 Å². The van der Waals surface area contributed by atoms with Crippen molar-refractivity contribution in [2.45, 2.75) is 26.9 Å². The van der Waals surface area contributed by atoms with Crippen LogP contribution in [0.4, 0.5) is 11.4 Å². The van der Waals surface area contributed by atoms with Gasteiger partial charge in [-0.2, -0.15) is 0 Å². The van der Waals surface area contributed by atoms with E-state index in [2.05, 4.69) is 67.8 Å². The Morgan fingerprint density at radius 2 is 1.78 bits per heavy atom. The van der Waals surface area contributed by atoms with E-state index in [1.807, 2.05) is 0 Å². The summed E-state index contributed by atoms with van der Waals surface area (Å²) in [7, 11) is 0.